The molecule has 2 aromatic rings. The fourth-order valence-corrected chi connectivity index (χ4v) is 5.68. The van der Waals surface area contributed by atoms with E-state index >= 15 is 0 Å². The van der Waals surface area contributed by atoms with E-state index in [9.17, 15) is 18.0 Å². The molecule has 7 nitrogen and oxygen atoms in total. The van der Waals surface area contributed by atoms with E-state index in [1.54, 1.807) is 4.90 Å². The highest BCUT2D eigenvalue weighted by molar-refractivity contribution is 7.89. The Morgan fingerprint density at radius 1 is 1.07 bits per heavy atom. The SMILES string of the molecule is O=C(OCC(=O)N1CCc2ccccc21)[C@H]1CCCN1S(=O)(=O)c1ccc(Cl)cc1. The van der Waals surface area contributed by atoms with Crippen molar-refractivity contribution in [3.63, 3.8) is 0 Å². The molecule has 9 heteroatoms. The quantitative estimate of drug-likeness (QED) is 0.656. The van der Waals surface area contributed by atoms with Gasteiger partial charge in [-0.05, 0) is 55.2 Å². The van der Waals surface area contributed by atoms with Gasteiger partial charge in [-0.1, -0.05) is 29.8 Å². The number of halogens is 1. The van der Waals surface area contributed by atoms with Crippen LogP contribution in [-0.2, 0) is 30.8 Å². The van der Waals surface area contributed by atoms with Crippen molar-refractivity contribution in [2.45, 2.75) is 30.2 Å². The topological polar surface area (TPSA) is 84.0 Å². The van der Waals surface area contributed by atoms with Crippen LogP contribution in [0.1, 0.15) is 18.4 Å². The fourth-order valence-electron chi connectivity index (χ4n) is 3.91. The zero-order valence-electron chi connectivity index (χ0n) is 16.2. The minimum Gasteiger partial charge on any atom is -0.454 e. The summed E-state index contributed by atoms with van der Waals surface area (Å²) >= 11 is 5.84. The average molecular weight is 449 g/mol. The number of carbonyl (C=O) groups excluding carboxylic acids is 2. The largest absolute Gasteiger partial charge is 0.454 e. The molecule has 2 aliphatic rings. The molecule has 0 N–H and O–H groups in total. The third-order valence-electron chi connectivity index (χ3n) is 5.42. The van der Waals surface area contributed by atoms with Crippen LogP contribution in [0.25, 0.3) is 0 Å². The van der Waals surface area contributed by atoms with Gasteiger partial charge in [0.1, 0.15) is 6.04 Å². The lowest BCUT2D eigenvalue weighted by molar-refractivity contribution is -0.151. The molecule has 30 heavy (non-hydrogen) atoms. The number of hydrogen-bond donors (Lipinski definition) is 0. The number of ether oxygens (including phenoxy) is 1. The van der Waals surface area contributed by atoms with Crippen LogP contribution in [0.4, 0.5) is 5.69 Å². The molecule has 1 saturated heterocycles. The number of nitrogens with zero attached hydrogens (tertiary/aromatic N) is 2. The molecule has 2 heterocycles. The first-order valence-electron chi connectivity index (χ1n) is 9.70. The predicted molar refractivity (Wildman–Crippen MR) is 112 cm³/mol. The molecule has 1 atom stereocenters. The van der Waals surface area contributed by atoms with Gasteiger partial charge in [0, 0.05) is 23.8 Å². The van der Waals surface area contributed by atoms with Gasteiger partial charge < -0.3 is 9.64 Å². The minimum absolute atomic E-state index is 0.0661. The first-order chi connectivity index (χ1) is 14.4. The Hall–Kier alpha value is -2.42. The zero-order chi connectivity index (χ0) is 21.3. The average Bonchev–Trinajstić information content (AvgIpc) is 3.40. The Morgan fingerprint density at radius 2 is 1.80 bits per heavy atom. The van der Waals surface area contributed by atoms with Crippen molar-refractivity contribution in [2.24, 2.45) is 0 Å². The van der Waals surface area contributed by atoms with Crippen molar-refractivity contribution in [1.82, 2.24) is 4.31 Å². The van der Waals surface area contributed by atoms with Crippen molar-refractivity contribution in [2.75, 3.05) is 24.6 Å². The van der Waals surface area contributed by atoms with Crippen LogP contribution < -0.4 is 4.90 Å². The smallest absolute Gasteiger partial charge is 0.324 e. The Kier molecular flexibility index (Phi) is 5.81. The van der Waals surface area contributed by atoms with Gasteiger partial charge in [-0.25, -0.2) is 8.42 Å². The maximum atomic E-state index is 12.9. The molecular weight excluding hydrogens is 428 g/mol. The summed E-state index contributed by atoms with van der Waals surface area (Å²) in [5.74, 6) is -1.02. The van der Waals surface area contributed by atoms with Crippen molar-refractivity contribution >= 4 is 39.2 Å². The van der Waals surface area contributed by atoms with Gasteiger partial charge in [-0.3, -0.25) is 9.59 Å². The van der Waals surface area contributed by atoms with Crippen molar-refractivity contribution < 1.29 is 22.7 Å². The zero-order valence-corrected chi connectivity index (χ0v) is 17.7. The van der Waals surface area contributed by atoms with Gasteiger partial charge in [0.15, 0.2) is 6.61 Å². The molecule has 0 radical (unpaired) electrons. The van der Waals surface area contributed by atoms with Crippen LogP contribution in [-0.4, -0.2) is 50.3 Å². The Labute approximate surface area is 180 Å². The van der Waals surface area contributed by atoms with E-state index in [2.05, 4.69) is 0 Å². The summed E-state index contributed by atoms with van der Waals surface area (Å²) in [5, 5.41) is 0.424. The maximum Gasteiger partial charge on any atom is 0.324 e. The predicted octanol–water partition coefficient (Wildman–Crippen LogP) is 2.63. The van der Waals surface area contributed by atoms with Crippen molar-refractivity contribution in [1.29, 1.82) is 0 Å². The summed E-state index contributed by atoms with van der Waals surface area (Å²) in [7, 11) is -3.87. The van der Waals surface area contributed by atoms with Crippen LogP contribution in [0.5, 0.6) is 0 Å². The molecule has 158 valence electrons. The number of rotatable bonds is 5. The van der Waals surface area contributed by atoms with Gasteiger partial charge in [0.05, 0.1) is 4.90 Å². The minimum atomic E-state index is -3.87. The summed E-state index contributed by atoms with van der Waals surface area (Å²) in [6.07, 6.45) is 1.65. The molecule has 0 aromatic heterocycles. The second-order valence-corrected chi connectivity index (χ2v) is 9.59. The third kappa shape index (κ3) is 3.95. The lowest BCUT2D eigenvalue weighted by Gasteiger charge is -2.23. The maximum absolute atomic E-state index is 12.9. The molecular formula is C21H21ClN2O5S. The van der Waals surface area contributed by atoms with Gasteiger partial charge in [0.25, 0.3) is 5.91 Å². The summed E-state index contributed by atoms with van der Waals surface area (Å²) in [5.41, 5.74) is 1.90. The number of hydrogen-bond acceptors (Lipinski definition) is 5. The second kappa shape index (κ2) is 8.37. The van der Waals surface area contributed by atoms with E-state index in [4.69, 9.17) is 16.3 Å². The molecule has 2 aromatic carbocycles. The molecule has 0 unspecified atom stereocenters. The molecule has 0 bridgehead atoms. The first-order valence-corrected chi connectivity index (χ1v) is 11.5. The molecule has 0 aliphatic carbocycles. The number of fused-ring (bicyclic) bond motifs is 1. The van der Waals surface area contributed by atoms with Gasteiger partial charge >= 0.3 is 5.97 Å². The monoisotopic (exact) mass is 448 g/mol. The van der Waals surface area contributed by atoms with E-state index in [-0.39, 0.29) is 17.3 Å². The molecule has 1 fully saturated rings. The van der Waals surface area contributed by atoms with Crippen LogP contribution in [0, 0.1) is 0 Å². The fraction of sp³-hybridized carbons (Fsp3) is 0.333. The highest BCUT2D eigenvalue weighted by Crippen LogP contribution is 2.29. The number of carbonyl (C=O) groups is 2. The molecule has 0 spiro atoms. The van der Waals surface area contributed by atoms with Crippen LogP contribution in [0.15, 0.2) is 53.4 Å². The molecule has 0 saturated carbocycles. The number of amides is 1. The van der Waals surface area contributed by atoms with Gasteiger partial charge in [0.2, 0.25) is 10.0 Å². The number of para-hydroxylation sites is 1. The number of anilines is 1. The lowest BCUT2D eigenvalue weighted by Crippen LogP contribution is -2.42. The Morgan fingerprint density at radius 3 is 2.57 bits per heavy atom. The third-order valence-corrected chi connectivity index (χ3v) is 7.60. The summed E-state index contributed by atoms with van der Waals surface area (Å²) in [6.45, 7) is 0.340. The van der Waals surface area contributed by atoms with Crippen LogP contribution in [0.3, 0.4) is 0 Å². The van der Waals surface area contributed by atoms with E-state index in [0.29, 0.717) is 24.4 Å². The highest BCUT2D eigenvalue weighted by atomic mass is 35.5. The highest BCUT2D eigenvalue weighted by Gasteiger charge is 2.40. The number of esters is 1. The van der Waals surface area contributed by atoms with Crippen LogP contribution in [0.2, 0.25) is 5.02 Å². The summed E-state index contributed by atoms with van der Waals surface area (Å²) in [4.78, 5) is 26.9. The van der Waals surface area contributed by atoms with Crippen molar-refractivity contribution in [3.05, 3.63) is 59.1 Å². The summed E-state index contributed by atoms with van der Waals surface area (Å²) in [6, 6.07) is 12.5. The van der Waals surface area contributed by atoms with E-state index < -0.39 is 28.6 Å². The Bertz CT molecular complexity index is 1070. The second-order valence-electron chi connectivity index (χ2n) is 7.26. The Balaban J connectivity index is 1.42. The number of sulfonamides is 1. The van der Waals surface area contributed by atoms with E-state index in [1.807, 2.05) is 24.3 Å². The van der Waals surface area contributed by atoms with E-state index in [1.165, 1.54) is 24.3 Å². The first kappa shape index (κ1) is 20.8. The number of benzene rings is 2. The van der Waals surface area contributed by atoms with Crippen molar-refractivity contribution in [3.8, 4) is 0 Å². The van der Waals surface area contributed by atoms with Gasteiger partial charge in [-0.15, -0.1) is 0 Å². The van der Waals surface area contributed by atoms with Crippen LogP contribution >= 0.6 is 11.6 Å². The normalized spacial score (nSPS) is 19.0. The lowest BCUT2D eigenvalue weighted by atomic mass is 10.2. The molecule has 2 aliphatic heterocycles. The standard InChI is InChI=1S/C21H21ClN2O5S/c22-16-7-9-17(10-8-16)30(27,28)24-12-3-6-19(24)21(26)29-14-20(25)23-13-11-15-4-1-2-5-18(15)23/h1-2,4-5,7-10,19H,3,6,11-14H2/t19-/m1/s1. The van der Waals surface area contributed by atoms with Gasteiger partial charge in [-0.2, -0.15) is 4.31 Å². The van der Waals surface area contributed by atoms with E-state index in [0.717, 1.165) is 22.0 Å². The summed E-state index contributed by atoms with van der Waals surface area (Å²) < 4.78 is 32.3. The molecule has 1 amide bonds. The molecule has 4 rings (SSSR count).